The van der Waals surface area contributed by atoms with Gasteiger partial charge in [0.1, 0.15) is 11.5 Å². The summed E-state index contributed by atoms with van der Waals surface area (Å²) in [5.41, 5.74) is 0. The second-order valence-corrected chi connectivity index (χ2v) is 1.52. The molecular formula is C6H6O2Pb. The molecule has 0 bridgehead atoms. The van der Waals surface area contributed by atoms with Crippen LogP contribution in [-0.2, 0) is 0 Å². The van der Waals surface area contributed by atoms with Crippen LogP contribution in [0.5, 0.6) is 11.5 Å². The molecule has 0 saturated heterocycles. The Morgan fingerprint density at radius 3 is 1.67 bits per heavy atom. The monoisotopic (exact) mass is 318 g/mol. The Hall–Kier alpha value is -0.258. The molecule has 0 aliphatic heterocycles. The van der Waals surface area contributed by atoms with Crippen molar-refractivity contribution in [1.29, 1.82) is 0 Å². The van der Waals surface area contributed by atoms with E-state index in [4.69, 9.17) is 10.2 Å². The van der Waals surface area contributed by atoms with E-state index in [-0.39, 0.29) is 38.8 Å². The van der Waals surface area contributed by atoms with Gasteiger partial charge < -0.3 is 10.2 Å². The summed E-state index contributed by atoms with van der Waals surface area (Å²) in [7, 11) is 0. The summed E-state index contributed by atoms with van der Waals surface area (Å²) >= 11 is 0. The summed E-state index contributed by atoms with van der Waals surface area (Å²) < 4.78 is 0. The predicted molar refractivity (Wildman–Crippen MR) is 35.5 cm³/mol. The molecule has 2 nitrogen and oxygen atoms in total. The van der Waals surface area contributed by atoms with Gasteiger partial charge in [0.05, 0.1) is 0 Å². The number of rotatable bonds is 0. The minimum Gasteiger partial charge on any atom is -0.508 e. The Labute approximate surface area is 73.3 Å². The van der Waals surface area contributed by atoms with Crippen molar-refractivity contribution < 1.29 is 10.2 Å². The molecule has 9 heavy (non-hydrogen) atoms. The van der Waals surface area contributed by atoms with Crippen molar-refractivity contribution in [2.75, 3.05) is 0 Å². The van der Waals surface area contributed by atoms with Crippen LogP contribution in [0.2, 0.25) is 0 Å². The van der Waals surface area contributed by atoms with E-state index >= 15 is 0 Å². The quantitative estimate of drug-likeness (QED) is 0.692. The first-order valence-corrected chi connectivity index (χ1v) is 2.27. The summed E-state index contributed by atoms with van der Waals surface area (Å²) in [6.45, 7) is 0. The van der Waals surface area contributed by atoms with Crippen molar-refractivity contribution in [2.45, 2.75) is 0 Å². The topological polar surface area (TPSA) is 40.5 Å². The predicted octanol–water partition coefficient (Wildman–Crippen LogP) is 0.717. The molecule has 0 heterocycles. The van der Waals surface area contributed by atoms with Crippen LogP contribution in [0.15, 0.2) is 24.3 Å². The largest absolute Gasteiger partial charge is 0.508 e. The third-order valence-electron chi connectivity index (χ3n) is 0.830. The second-order valence-electron chi connectivity index (χ2n) is 1.52. The SMILES string of the molecule is Oc1cccc(O)c1.[Pb]. The fraction of sp³-hybridized carbons (Fsp3) is 0. The smallest absolute Gasteiger partial charge is 0.119 e. The molecule has 0 aliphatic carbocycles. The molecule has 0 aromatic heterocycles. The first-order chi connectivity index (χ1) is 3.79. The molecule has 1 rings (SSSR count). The maximum atomic E-state index is 8.65. The van der Waals surface area contributed by atoms with Crippen LogP contribution in [0, 0.1) is 0 Å². The van der Waals surface area contributed by atoms with E-state index in [0.29, 0.717) is 0 Å². The Bertz CT molecular complexity index is 171. The van der Waals surface area contributed by atoms with Crippen LogP contribution >= 0.6 is 0 Å². The molecule has 4 radical (unpaired) electrons. The summed E-state index contributed by atoms with van der Waals surface area (Å²) in [4.78, 5) is 0. The first kappa shape index (κ1) is 8.74. The fourth-order valence-corrected chi connectivity index (χ4v) is 0.493. The Balaban J connectivity index is 0.000000640. The van der Waals surface area contributed by atoms with Crippen LogP contribution in [0.25, 0.3) is 0 Å². The standard InChI is InChI=1S/C6H6O2.Pb/c7-5-2-1-3-6(8)4-5;/h1-4,7-8H;. The van der Waals surface area contributed by atoms with Crippen LogP contribution < -0.4 is 0 Å². The van der Waals surface area contributed by atoms with E-state index in [0.717, 1.165) is 0 Å². The molecule has 2 N–H and O–H groups in total. The molecular weight excluding hydrogens is 311 g/mol. The minimum absolute atomic E-state index is 0. The number of phenols is 2. The molecule has 1 aromatic rings. The van der Waals surface area contributed by atoms with Crippen molar-refractivity contribution in [3.05, 3.63) is 24.3 Å². The van der Waals surface area contributed by atoms with Gasteiger partial charge in [-0.15, -0.1) is 0 Å². The van der Waals surface area contributed by atoms with Crippen molar-refractivity contribution in [3.8, 4) is 11.5 Å². The maximum absolute atomic E-state index is 8.65. The fourth-order valence-electron chi connectivity index (χ4n) is 0.493. The van der Waals surface area contributed by atoms with Crippen molar-refractivity contribution in [2.24, 2.45) is 0 Å². The first-order valence-electron chi connectivity index (χ1n) is 2.27. The van der Waals surface area contributed by atoms with Crippen LogP contribution in [-0.4, -0.2) is 37.5 Å². The minimum atomic E-state index is 0. The molecule has 0 amide bonds. The van der Waals surface area contributed by atoms with E-state index in [9.17, 15) is 0 Å². The van der Waals surface area contributed by atoms with Gasteiger partial charge in [0, 0.05) is 33.4 Å². The van der Waals surface area contributed by atoms with E-state index in [1.165, 1.54) is 18.2 Å². The third kappa shape index (κ3) is 2.69. The molecule has 1 aromatic carbocycles. The van der Waals surface area contributed by atoms with Crippen LogP contribution in [0.1, 0.15) is 0 Å². The Morgan fingerprint density at radius 2 is 1.44 bits per heavy atom. The van der Waals surface area contributed by atoms with E-state index in [1.807, 2.05) is 0 Å². The third-order valence-corrected chi connectivity index (χ3v) is 0.830. The summed E-state index contributed by atoms with van der Waals surface area (Å²) in [6, 6.07) is 5.85. The molecule has 0 atom stereocenters. The van der Waals surface area contributed by atoms with Crippen LogP contribution in [0.4, 0.5) is 0 Å². The molecule has 0 fully saturated rings. The van der Waals surface area contributed by atoms with Gasteiger partial charge in [-0.05, 0) is 12.1 Å². The second kappa shape index (κ2) is 3.71. The molecule has 46 valence electrons. The van der Waals surface area contributed by atoms with Gasteiger partial charge in [-0.25, -0.2) is 0 Å². The van der Waals surface area contributed by atoms with E-state index in [2.05, 4.69) is 0 Å². The number of aromatic hydroxyl groups is 2. The van der Waals surface area contributed by atoms with Gasteiger partial charge in [0.15, 0.2) is 0 Å². The number of hydrogen-bond acceptors (Lipinski definition) is 2. The zero-order valence-corrected chi connectivity index (χ0v) is 8.59. The average Bonchev–Trinajstić information content (AvgIpc) is 1.64. The molecule has 0 aliphatic rings. The van der Waals surface area contributed by atoms with Crippen molar-refractivity contribution in [1.82, 2.24) is 0 Å². The Kier molecular flexibility index (Phi) is 3.60. The Morgan fingerprint density at radius 1 is 1.00 bits per heavy atom. The summed E-state index contributed by atoms with van der Waals surface area (Å²) in [5.74, 6) is 0.176. The number of phenolic OH excluding ortho intramolecular Hbond substituents is 2. The van der Waals surface area contributed by atoms with Crippen molar-refractivity contribution >= 4 is 27.3 Å². The normalized spacial score (nSPS) is 8.00. The van der Waals surface area contributed by atoms with Gasteiger partial charge in [-0.2, -0.15) is 0 Å². The van der Waals surface area contributed by atoms with E-state index in [1.54, 1.807) is 6.07 Å². The van der Waals surface area contributed by atoms with Gasteiger partial charge >= 0.3 is 0 Å². The number of benzene rings is 1. The molecule has 0 unspecified atom stereocenters. The number of hydrogen-bond donors (Lipinski definition) is 2. The van der Waals surface area contributed by atoms with Crippen LogP contribution in [0.3, 0.4) is 0 Å². The molecule has 0 spiro atoms. The summed E-state index contributed by atoms with van der Waals surface area (Å²) in [5, 5.41) is 17.3. The van der Waals surface area contributed by atoms with Gasteiger partial charge in [-0.3, -0.25) is 0 Å². The van der Waals surface area contributed by atoms with Gasteiger partial charge in [0.2, 0.25) is 0 Å². The zero-order valence-electron chi connectivity index (χ0n) is 4.70. The van der Waals surface area contributed by atoms with Gasteiger partial charge in [0.25, 0.3) is 0 Å². The molecule has 3 heteroatoms. The average molecular weight is 317 g/mol. The van der Waals surface area contributed by atoms with Crippen molar-refractivity contribution in [3.63, 3.8) is 0 Å². The molecule has 0 saturated carbocycles. The van der Waals surface area contributed by atoms with Gasteiger partial charge in [-0.1, -0.05) is 6.07 Å². The zero-order chi connectivity index (χ0) is 5.98. The van der Waals surface area contributed by atoms with E-state index < -0.39 is 0 Å². The summed E-state index contributed by atoms with van der Waals surface area (Å²) in [6.07, 6.45) is 0. The maximum Gasteiger partial charge on any atom is 0.119 e.